The third-order valence-corrected chi connectivity index (χ3v) is 6.66. The van der Waals surface area contributed by atoms with Crippen molar-refractivity contribution in [3.05, 3.63) is 59.4 Å². The number of fused-ring (bicyclic) bond motifs is 1. The zero-order chi connectivity index (χ0) is 22.8. The lowest BCUT2D eigenvalue weighted by Gasteiger charge is -2.36. The van der Waals surface area contributed by atoms with Crippen LogP contribution in [0.3, 0.4) is 0 Å². The van der Waals surface area contributed by atoms with E-state index in [2.05, 4.69) is 25.1 Å². The van der Waals surface area contributed by atoms with Gasteiger partial charge in [0.15, 0.2) is 11.6 Å². The van der Waals surface area contributed by atoms with Gasteiger partial charge in [-0.05, 0) is 30.5 Å². The summed E-state index contributed by atoms with van der Waals surface area (Å²) in [5.41, 5.74) is 2.16. The number of aromatic nitrogens is 3. The Morgan fingerprint density at radius 2 is 1.97 bits per heavy atom. The Bertz CT molecular complexity index is 1120. The predicted molar refractivity (Wildman–Crippen MR) is 130 cm³/mol. The average Bonchev–Trinajstić information content (AvgIpc) is 2.86. The van der Waals surface area contributed by atoms with E-state index >= 15 is 0 Å². The molecule has 3 aromatic rings. The minimum atomic E-state index is -0.00505. The van der Waals surface area contributed by atoms with Gasteiger partial charge in [-0.25, -0.2) is 9.97 Å². The molecule has 8 nitrogen and oxygen atoms in total. The van der Waals surface area contributed by atoms with Gasteiger partial charge in [-0.2, -0.15) is 4.98 Å². The highest BCUT2D eigenvalue weighted by molar-refractivity contribution is 6.31. The molecule has 1 unspecified atom stereocenters. The van der Waals surface area contributed by atoms with Crippen LogP contribution in [-0.4, -0.2) is 54.8 Å². The zero-order valence-corrected chi connectivity index (χ0v) is 19.5. The van der Waals surface area contributed by atoms with Gasteiger partial charge in [0.2, 0.25) is 11.8 Å². The summed E-state index contributed by atoms with van der Waals surface area (Å²) in [4.78, 5) is 18.0. The number of anilines is 3. The van der Waals surface area contributed by atoms with Crippen molar-refractivity contribution in [1.29, 1.82) is 0 Å². The molecule has 2 aromatic heterocycles. The molecule has 1 aromatic carbocycles. The SMILES string of the molecule is COc1cc(N2CCC(Nc3ncc4c(n3)N(C)C(c3ccccc3Cl)CO4)CC2)ccn1. The number of nitrogens with one attached hydrogen (secondary N) is 1. The molecular weight excluding hydrogens is 440 g/mol. The van der Waals surface area contributed by atoms with Crippen LogP contribution in [0.15, 0.2) is 48.8 Å². The smallest absolute Gasteiger partial charge is 0.225 e. The van der Waals surface area contributed by atoms with Crippen LogP contribution in [0.4, 0.5) is 17.5 Å². The van der Waals surface area contributed by atoms with Gasteiger partial charge in [0.05, 0.1) is 19.3 Å². The highest BCUT2D eigenvalue weighted by atomic mass is 35.5. The fraction of sp³-hybridized carbons (Fsp3) is 0.375. The summed E-state index contributed by atoms with van der Waals surface area (Å²) in [6, 6.07) is 12.2. The summed E-state index contributed by atoms with van der Waals surface area (Å²) >= 11 is 6.44. The first-order valence-corrected chi connectivity index (χ1v) is 11.5. The molecule has 172 valence electrons. The first-order chi connectivity index (χ1) is 16.1. The Morgan fingerprint density at radius 1 is 1.15 bits per heavy atom. The predicted octanol–water partition coefficient (Wildman–Crippen LogP) is 4.18. The number of likely N-dealkylation sites (N-methyl/N-ethyl adjacent to an activating group) is 1. The molecule has 4 heterocycles. The van der Waals surface area contributed by atoms with Gasteiger partial charge in [0, 0.05) is 49.2 Å². The quantitative estimate of drug-likeness (QED) is 0.600. The Hall–Kier alpha value is -3.26. The van der Waals surface area contributed by atoms with Crippen LogP contribution in [0.1, 0.15) is 24.4 Å². The Labute approximate surface area is 198 Å². The van der Waals surface area contributed by atoms with Crippen molar-refractivity contribution in [2.75, 3.05) is 49.0 Å². The first kappa shape index (κ1) is 21.6. The van der Waals surface area contributed by atoms with Gasteiger partial charge < -0.3 is 24.6 Å². The van der Waals surface area contributed by atoms with Gasteiger partial charge >= 0.3 is 0 Å². The first-order valence-electron chi connectivity index (χ1n) is 11.1. The number of ether oxygens (including phenoxy) is 2. The normalized spacial score (nSPS) is 18.5. The van der Waals surface area contributed by atoms with Crippen LogP contribution in [0.2, 0.25) is 5.02 Å². The minimum Gasteiger partial charge on any atom is -0.486 e. The van der Waals surface area contributed by atoms with Crippen molar-refractivity contribution in [1.82, 2.24) is 15.0 Å². The van der Waals surface area contributed by atoms with E-state index in [-0.39, 0.29) is 6.04 Å². The molecule has 0 aliphatic carbocycles. The fourth-order valence-electron chi connectivity index (χ4n) is 4.43. The maximum Gasteiger partial charge on any atom is 0.225 e. The molecule has 1 atom stereocenters. The van der Waals surface area contributed by atoms with Gasteiger partial charge in [0.1, 0.15) is 6.61 Å². The van der Waals surface area contributed by atoms with E-state index in [0.29, 0.717) is 30.2 Å². The Kier molecular flexibility index (Phi) is 6.09. The average molecular weight is 467 g/mol. The third-order valence-electron chi connectivity index (χ3n) is 6.32. The maximum atomic E-state index is 6.44. The van der Waals surface area contributed by atoms with E-state index in [1.807, 2.05) is 43.4 Å². The number of benzene rings is 1. The van der Waals surface area contributed by atoms with E-state index < -0.39 is 0 Å². The monoisotopic (exact) mass is 466 g/mol. The van der Waals surface area contributed by atoms with Crippen LogP contribution >= 0.6 is 11.6 Å². The molecule has 2 aliphatic heterocycles. The van der Waals surface area contributed by atoms with Crippen LogP contribution in [-0.2, 0) is 0 Å². The van der Waals surface area contributed by atoms with Crippen LogP contribution in [0.5, 0.6) is 11.6 Å². The summed E-state index contributed by atoms with van der Waals surface area (Å²) in [5.74, 6) is 2.71. The second-order valence-corrected chi connectivity index (χ2v) is 8.71. The molecule has 0 amide bonds. The molecule has 0 spiro atoms. The highest BCUT2D eigenvalue weighted by Gasteiger charge is 2.30. The van der Waals surface area contributed by atoms with Gasteiger partial charge in [-0.15, -0.1) is 0 Å². The van der Waals surface area contributed by atoms with Crippen LogP contribution in [0.25, 0.3) is 0 Å². The number of piperidine rings is 1. The summed E-state index contributed by atoms with van der Waals surface area (Å²) in [5, 5.41) is 4.25. The van der Waals surface area contributed by atoms with Gasteiger partial charge in [-0.3, -0.25) is 0 Å². The van der Waals surface area contributed by atoms with Gasteiger partial charge in [0.25, 0.3) is 0 Å². The zero-order valence-electron chi connectivity index (χ0n) is 18.7. The number of pyridine rings is 1. The Balaban J connectivity index is 1.25. The molecule has 0 saturated carbocycles. The van der Waals surface area contributed by atoms with Crippen molar-refractivity contribution in [2.45, 2.75) is 24.9 Å². The Morgan fingerprint density at radius 3 is 2.76 bits per heavy atom. The second kappa shape index (κ2) is 9.31. The van der Waals surface area contributed by atoms with E-state index in [1.54, 1.807) is 19.5 Å². The number of hydrogen-bond acceptors (Lipinski definition) is 8. The van der Waals surface area contributed by atoms with E-state index in [0.717, 1.165) is 48.0 Å². The lowest BCUT2D eigenvalue weighted by atomic mass is 10.0. The summed E-state index contributed by atoms with van der Waals surface area (Å²) in [6.45, 7) is 2.38. The summed E-state index contributed by atoms with van der Waals surface area (Å²) in [6.07, 6.45) is 5.51. The molecule has 0 bridgehead atoms. The molecule has 1 saturated heterocycles. The van der Waals surface area contributed by atoms with Crippen molar-refractivity contribution < 1.29 is 9.47 Å². The molecule has 2 aliphatic rings. The molecule has 0 radical (unpaired) electrons. The number of halogens is 1. The maximum absolute atomic E-state index is 6.44. The van der Waals surface area contributed by atoms with E-state index in [4.69, 9.17) is 26.1 Å². The number of hydrogen-bond donors (Lipinski definition) is 1. The minimum absolute atomic E-state index is 0.00505. The molecule has 1 fully saturated rings. The molecule has 33 heavy (non-hydrogen) atoms. The standard InChI is InChI=1S/C24H27ClN6O2/c1-30-20(18-5-3-4-6-19(18)25)15-33-21-14-27-24(29-23(21)30)28-16-8-11-31(12-9-16)17-7-10-26-22(13-17)32-2/h3-7,10,13-14,16,20H,8-9,11-12,15H2,1-2H3,(H,27,28,29). The topological polar surface area (TPSA) is 75.6 Å². The lowest BCUT2D eigenvalue weighted by molar-refractivity contribution is 0.265. The summed E-state index contributed by atoms with van der Waals surface area (Å²) in [7, 11) is 3.66. The number of rotatable bonds is 5. The van der Waals surface area contributed by atoms with E-state index in [9.17, 15) is 0 Å². The molecule has 5 rings (SSSR count). The summed E-state index contributed by atoms with van der Waals surface area (Å²) < 4.78 is 11.2. The number of nitrogens with zero attached hydrogens (tertiary/aromatic N) is 5. The third kappa shape index (κ3) is 4.48. The molecule has 1 N–H and O–H groups in total. The van der Waals surface area contributed by atoms with Crippen molar-refractivity contribution in [3.8, 4) is 11.6 Å². The fourth-order valence-corrected chi connectivity index (χ4v) is 4.69. The molecule has 9 heteroatoms. The molecular formula is C24H27ClN6O2. The largest absolute Gasteiger partial charge is 0.486 e. The van der Waals surface area contributed by atoms with Crippen molar-refractivity contribution in [2.24, 2.45) is 0 Å². The van der Waals surface area contributed by atoms with Crippen LogP contribution in [0, 0.1) is 0 Å². The second-order valence-electron chi connectivity index (χ2n) is 8.30. The van der Waals surface area contributed by atoms with Crippen molar-refractivity contribution >= 4 is 29.1 Å². The highest BCUT2D eigenvalue weighted by Crippen LogP contribution is 2.38. The van der Waals surface area contributed by atoms with Gasteiger partial charge in [-0.1, -0.05) is 29.8 Å². The van der Waals surface area contributed by atoms with Crippen molar-refractivity contribution in [3.63, 3.8) is 0 Å². The van der Waals surface area contributed by atoms with Crippen LogP contribution < -0.4 is 24.6 Å². The lowest BCUT2D eigenvalue weighted by Crippen LogP contribution is -2.39. The number of methoxy groups -OCH3 is 1. The van der Waals surface area contributed by atoms with E-state index in [1.165, 1.54) is 0 Å².